The number of ether oxygens (including phenoxy) is 1. The minimum atomic E-state index is -4.37. The maximum Gasteiger partial charge on any atom is 0.406 e. The van der Waals surface area contributed by atoms with Crippen molar-refractivity contribution in [2.45, 2.75) is 25.8 Å². The van der Waals surface area contributed by atoms with Gasteiger partial charge >= 0.3 is 6.18 Å². The molecule has 0 saturated carbocycles. The number of H-pyrrole nitrogens is 1. The molecule has 0 atom stereocenters. The zero-order valence-corrected chi connectivity index (χ0v) is 15.9. The van der Waals surface area contributed by atoms with E-state index in [1.165, 1.54) is 6.33 Å². The average molecular weight is 410 g/mol. The Morgan fingerprint density at radius 2 is 2.00 bits per heavy atom. The van der Waals surface area contributed by atoms with Crippen molar-refractivity contribution < 1.29 is 17.9 Å². The SMILES string of the molecule is CN(Cc1nc(N2CCOCC2)c2ncn(CC(F)(F)F)c2n1)Cc1ccn[nH]1. The number of nitrogens with zero attached hydrogens (tertiary/aromatic N) is 7. The summed E-state index contributed by atoms with van der Waals surface area (Å²) in [5, 5.41) is 6.80. The van der Waals surface area contributed by atoms with Crippen LogP contribution in [0.5, 0.6) is 0 Å². The van der Waals surface area contributed by atoms with Crippen molar-refractivity contribution in [1.82, 2.24) is 34.6 Å². The molecule has 0 aliphatic carbocycles. The highest BCUT2D eigenvalue weighted by molar-refractivity contribution is 5.83. The van der Waals surface area contributed by atoms with Crippen LogP contribution in [0.25, 0.3) is 11.2 Å². The molecule has 1 aliphatic heterocycles. The van der Waals surface area contributed by atoms with Crippen molar-refractivity contribution in [3.05, 3.63) is 30.1 Å². The molecule has 0 unspecified atom stereocenters. The van der Waals surface area contributed by atoms with Gasteiger partial charge in [-0.05, 0) is 13.1 Å². The second kappa shape index (κ2) is 7.95. The van der Waals surface area contributed by atoms with Crippen molar-refractivity contribution in [1.29, 1.82) is 0 Å². The van der Waals surface area contributed by atoms with E-state index < -0.39 is 12.7 Å². The normalized spacial score (nSPS) is 15.6. The first-order valence-corrected chi connectivity index (χ1v) is 9.17. The molecule has 0 aromatic carbocycles. The molecule has 9 nitrogen and oxygen atoms in total. The number of nitrogens with one attached hydrogen (secondary N) is 1. The Labute approximate surface area is 164 Å². The van der Waals surface area contributed by atoms with Gasteiger partial charge < -0.3 is 14.2 Å². The van der Waals surface area contributed by atoms with Crippen LogP contribution in [0.15, 0.2) is 18.6 Å². The third kappa shape index (κ3) is 4.65. The van der Waals surface area contributed by atoms with Crippen molar-refractivity contribution in [3.63, 3.8) is 0 Å². The Morgan fingerprint density at radius 3 is 2.69 bits per heavy atom. The molecule has 0 spiro atoms. The van der Waals surface area contributed by atoms with E-state index in [9.17, 15) is 13.2 Å². The fraction of sp³-hybridized carbons (Fsp3) is 0.529. The Kier molecular flexibility index (Phi) is 5.37. The minimum Gasteiger partial charge on any atom is -0.378 e. The first kappa shape index (κ1) is 19.6. The van der Waals surface area contributed by atoms with Gasteiger partial charge in [-0.2, -0.15) is 18.3 Å². The predicted octanol–water partition coefficient (Wildman–Crippen LogP) is 1.58. The quantitative estimate of drug-likeness (QED) is 0.660. The number of alkyl halides is 3. The molecule has 1 N–H and O–H groups in total. The number of morpholine rings is 1. The summed E-state index contributed by atoms with van der Waals surface area (Å²) >= 11 is 0. The van der Waals surface area contributed by atoms with Crippen LogP contribution >= 0.6 is 0 Å². The molecule has 0 amide bonds. The number of rotatable bonds is 6. The number of hydrogen-bond acceptors (Lipinski definition) is 7. The molecule has 1 fully saturated rings. The Hall–Kier alpha value is -2.73. The summed E-state index contributed by atoms with van der Waals surface area (Å²) in [6.45, 7) is 2.06. The number of aromatic amines is 1. The van der Waals surface area contributed by atoms with Crippen molar-refractivity contribution in [2.75, 3.05) is 38.3 Å². The van der Waals surface area contributed by atoms with Gasteiger partial charge in [0.2, 0.25) is 0 Å². The van der Waals surface area contributed by atoms with E-state index in [1.807, 2.05) is 22.9 Å². The van der Waals surface area contributed by atoms with Crippen LogP contribution in [0.1, 0.15) is 11.5 Å². The van der Waals surface area contributed by atoms with Gasteiger partial charge in [0.1, 0.15) is 12.4 Å². The number of hydrogen-bond donors (Lipinski definition) is 1. The zero-order valence-electron chi connectivity index (χ0n) is 15.9. The van der Waals surface area contributed by atoms with Crippen LogP contribution < -0.4 is 4.90 Å². The van der Waals surface area contributed by atoms with Crippen molar-refractivity contribution in [3.8, 4) is 0 Å². The van der Waals surface area contributed by atoms with Gasteiger partial charge in [0.05, 0.1) is 26.1 Å². The monoisotopic (exact) mass is 410 g/mol. The molecule has 0 radical (unpaired) electrons. The summed E-state index contributed by atoms with van der Waals surface area (Å²) in [5.74, 6) is 0.981. The smallest absolute Gasteiger partial charge is 0.378 e. The molecule has 4 heterocycles. The lowest BCUT2D eigenvalue weighted by atomic mass is 10.3. The van der Waals surface area contributed by atoms with E-state index in [2.05, 4.69) is 25.1 Å². The maximum absolute atomic E-state index is 13.0. The molecule has 3 aromatic heterocycles. The van der Waals surface area contributed by atoms with Crippen LogP contribution in [-0.2, 0) is 24.4 Å². The van der Waals surface area contributed by atoms with Gasteiger partial charge in [0.15, 0.2) is 17.0 Å². The highest BCUT2D eigenvalue weighted by atomic mass is 19.4. The molecule has 1 saturated heterocycles. The van der Waals surface area contributed by atoms with Crippen molar-refractivity contribution in [2.24, 2.45) is 0 Å². The van der Waals surface area contributed by atoms with Gasteiger partial charge in [0.25, 0.3) is 0 Å². The first-order chi connectivity index (χ1) is 13.9. The lowest BCUT2D eigenvalue weighted by Crippen LogP contribution is -2.37. The second-order valence-electron chi connectivity index (χ2n) is 6.98. The molecule has 12 heteroatoms. The van der Waals surface area contributed by atoms with Gasteiger partial charge in [-0.3, -0.25) is 10.00 Å². The summed E-state index contributed by atoms with van der Waals surface area (Å²) in [4.78, 5) is 17.2. The van der Waals surface area contributed by atoms with Crippen LogP contribution in [-0.4, -0.2) is 74.1 Å². The van der Waals surface area contributed by atoms with E-state index in [1.54, 1.807) is 6.20 Å². The second-order valence-corrected chi connectivity index (χ2v) is 6.98. The molecule has 29 heavy (non-hydrogen) atoms. The van der Waals surface area contributed by atoms with Gasteiger partial charge in [-0.15, -0.1) is 0 Å². The highest BCUT2D eigenvalue weighted by Gasteiger charge is 2.30. The highest BCUT2D eigenvalue weighted by Crippen LogP contribution is 2.26. The number of imidazole rings is 1. The summed E-state index contributed by atoms with van der Waals surface area (Å²) in [7, 11) is 1.88. The molecule has 1 aliphatic rings. The molecule has 3 aromatic rings. The van der Waals surface area contributed by atoms with Gasteiger partial charge in [0, 0.05) is 31.5 Å². The standard InChI is InChI=1S/C17H21F3N8O/c1-26(8-12-2-3-22-25-12)9-13-23-15(27-4-6-29-7-5-27)14-16(24-13)28(11-21-14)10-17(18,19)20/h2-3,11H,4-10H2,1H3,(H,22,25). The number of aromatic nitrogens is 6. The van der Waals surface area contributed by atoms with Gasteiger partial charge in [-0.25, -0.2) is 15.0 Å². The Balaban J connectivity index is 1.67. The van der Waals surface area contributed by atoms with Crippen molar-refractivity contribution >= 4 is 17.0 Å². The lowest BCUT2D eigenvalue weighted by Gasteiger charge is -2.28. The first-order valence-electron chi connectivity index (χ1n) is 9.17. The molecule has 4 rings (SSSR count). The molecule has 0 bridgehead atoms. The summed E-state index contributed by atoms with van der Waals surface area (Å²) in [6.07, 6.45) is -1.53. The van der Waals surface area contributed by atoms with E-state index in [0.717, 1.165) is 10.3 Å². The fourth-order valence-corrected chi connectivity index (χ4v) is 3.31. The fourth-order valence-electron chi connectivity index (χ4n) is 3.31. The largest absolute Gasteiger partial charge is 0.406 e. The Morgan fingerprint density at radius 1 is 1.21 bits per heavy atom. The Bertz CT molecular complexity index is 950. The number of halogens is 3. The number of anilines is 1. The van der Waals surface area contributed by atoms with Gasteiger partial charge in [-0.1, -0.05) is 0 Å². The average Bonchev–Trinajstić information content (AvgIpc) is 3.31. The topological polar surface area (TPSA) is 88.0 Å². The van der Waals surface area contributed by atoms with E-state index in [4.69, 9.17) is 4.74 Å². The number of fused-ring (bicyclic) bond motifs is 1. The van der Waals surface area contributed by atoms with E-state index in [0.29, 0.717) is 56.6 Å². The van der Waals surface area contributed by atoms with Crippen LogP contribution in [0.3, 0.4) is 0 Å². The van der Waals surface area contributed by atoms with E-state index >= 15 is 0 Å². The molecule has 156 valence electrons. The maximum atomic E-state index is 13.0. The van der Waals surface area contributed by atoms with Crippen LogP contribution in [0.4, 0.5) is 19.0 Å². The third-order valence-electron chi connectivity index (χ3n) is 4.56. The zero-order chi connectivity index (χ0) is 20.4. The molecular weight excluding hydrogens is 389 g/mol. The minimum absolute atomic E-state index is 0.184. The summed E-state index contributed by atoms with van der Waals surface area (Å²) in [6, 6.07) is 1.86. The van der Waals surface area contributed by atoms with Crippen LogP contribution in [0.2, 0.25) is 0 Å². The summed E-state index contributed by atoms with van der Waals surface area (Å²) in [5.41, 5.74) is 1.48. The predicted molar refractivity (Wildman–Crippen MR) is 98.2 cm³/mol. The summed E-state index contributed by atoms with van der Waals surface area (Å²) < 4.78 is 45.4. The molecular formula is C17H21F3N8O. The van der Waals surface area contributed by atoms with Crippen LogP contribution in [0, 0.1) is 0 Å². The van der Waals surface area contributed by atoms with E-state index in [-0.39, 0.29) is 5.65 Å². The third-order valence-corrected chi connectivity index (χ3v) is 4.56. The lowest BCUT2D eigenvalue weighted by molar-refractivity contribution is -0.140.